The van der Waals surface area contributed by atoms with Gasteiger partial charge in [0.15, 0.2) is 0 Å². The lowest BCUT2D eigenvalue weighted by Gasteiger charge is -2.33. The normalized spacial score (nSPS) is 17.2. The molecule has 2 N–H and O–H groups in total. The molecule has 26 heavy (non-hydrogen) atoms. The van der Waals surface area contributed by atoms with Gasteiger partial charge < -0.3 is 15.5 Å². The molecule has 1 amide bonds. The first kappa shape index (κ1) is 18.6. The largest absolute Gasteiger partial charge is 0.352 e. The molecule has 6 nitrogen and oxygen atoms in total. The van der Waals surface area contributed by atoms with Crippen molar-refractivity contribution in [3.8, 4) is 0 Å². The fraction of sp³-hybridized carbons (Fsp3) is 0.500. The Morgan fingerprint density at radius 3 is 2.62 bits per heavy atom. The molecule has 0 saturated carbocycles. The number of piperidine rings is 1. The Kier molecular flexibility index (Phi) is 6.41. The van der Waals surface area contributed by atoms with Crippen LogP contribution in [0.15, 0.2) is 42.7 Å². The van der Waals surface area contributed by atoms with Crippen LogP contribution in [0, 0.1) is 0 Å². The van der Waals surface area contributed by atoms with E-state index in [0.717, 1.165) is 44.5 Å². The molecule has 2 aromatic rings. The maximum atomic E-state index is 12.6. The van der Waals surface area contributed by atoms with Gasteiger partial charge in [-0.3, -0.25) is 9.48 Å². The quantitative estimate of drug-likeness (QED) is 0.790. The zero-order valence-corrected chi connectivity index (χ0v) is 15.7. The number of hydrogen-bond donors (Lipinski definition) is 2. The Bertz CT molecular complexity index is 691. The van der Waals surface area contributed by atoms with E-state index in [1.807, 2.05) is 20.3 Å². The van der Waals surface area contributed by atoms with Crippen LogP contribution in [0.25, 0.3) is 0 Å². The molecule has 3 rings (SSSR count). The third-order valence-corrected chi connectivity index (χ3v) is 5.10. The van der Waals surface area contributed by atoms with Gasteiger partial charge in [0.1, 0.15) is 6.04 Å². The van der Waals surface area contributed by atoms with Crippen LogP contribution in [0.4, 0.5) is 0 Å². The minimum atomic E-state index is -0.347. The number of rotatable bonds is 7. The number of amides is 1. The highest BCUT2D eigenvalue weighted by Crippen LogP contribution is 2.15. The third kappa shape index (κ3) is 4.93. The molecule has 1 aliphatic heterocycles. The fourth-order valence-corrected chi connectivity index (χ4v) is 3.56. The van der Waals surface area contributed by atoms with E-state index >= 15 is 0 Å². The van der Waals surface area contributed by atoms with Crippen LogP contribution in [0.1, 0.15) is 30.0 Å². The third-order valence-electron chi connectivity index (χ3n) is 5.10. The predicted molar refractivity (Wildman–Crippen MR) is 103 cm³/mol. The number of nitrogens with zero attached hydrogens (tertiary/aromatic N) is 3. The topological polar surface area (TPSA) is 62.2 Å². The van der Waals surface area contributed by atoms with Crippen molar-refractivity contribution in [1.82, 2.24) is 25.3 Å². The van der Waals surface area contributed by atoms with E-state index in [9.17, 15) is 4.79 Å². The summed E-state index contributed by atoms with van der Waals surface area (Å²) in [5.41, 5.74) is 2.28. The summed E-state index contributed by atoms with van der Waals surface area (Å²) in [6, 6.07) is 10.5. The molecule has 0 bridgehead atoms. The van der Waals surface area contributed by atoms with Gasteiger partial charge in [-0.05, 0) is 31.9 Å². The summed E-state index contributed by atoms with van der Waals surface area (Å²) in [5.74, 6) is 0.0308. The molecule has 0 spiro atoms. The first-order valence-electron chi connectivity index (χ1n) is 9.38. The maximum Gasteiger partial charge on any atom is 0.242 e. The summed E-state index contributed by atoms with van der Waals surface area (Å²) in [5, 5.41) is 10.5. The van der Waals surface area contributed by atoms with Crippen molar-refractivity contribution in [1.29, 1.82) is 0 Å². The Morgan fingerprint density at radius 1 is 1.27 bits per heavy atom. The SMILES string of the molecule is CNC(C(=O)NC1CCN(CCc2ccccc2)CC1)c1cnn(C)c1. The van der Waals surface area contributed by atoms with E-state index in [-0.39, 0.29) is 18.0 Å². The van der Waals surface area contributed by atoms with Gasteiger partial charge in [0.05, 0.1) is 6.20 Å². The molecular formula is C20H29N5O. The Balaban J connectivity index is 1.43. The van der Waals surface area contributed by atoms with Gasteiger partial charge in [0, 0.05) is 44.5 Å². The lowest BCUT2D eigenvalue weighted by Crippen LogP contribution is -2.47. The average molecular weight is 355 g/mol. The molecule has 1 atom stereocenters. The summed E-state index contributed by atoms with van der Waals surface area (Å²) in [7, 11) is 3.67. The van der Waals surface area contributed by atoms with Crippen molar-refractivity contribution in [2.75, 3.05) is 26.7 Å². The van der Waals surface area contributed by atoms with Crippen LogP contribution in [0.5, 0.6) is 0 Å². The minimum absolute atomic E-state index is 0.0308. The average Bonchev–Trinajstić information content (AvgIpc) is 3.08. The van der Waals surface area contributed by atoms with Crippen LogP contribution in [0.2, 0.25) is 0 Å². The van der Waals surface area contributed by atoms with Crippen molar-refractivity contribution >= 4 is 5.91 Å². The summed E-state index contributed by atoms with van der Waals surface area (Å²) in [6.45, 7) is 3.16. The highest BCUT2D eigenvalue weighted by atomic mass is 16.2. The molecule has 1 aliphatic rings. The van der Waals surface area contributed by atoms with E-state index in [4.69, 9.17) is 0 Å². The second-order valence-electron chi connectivity index (χ2n) is 7.03. The van der Waals surface area contributed by atoms with E-state index in [1.165, 1.54) is 5.56 Å². The standard InChI is InChI=1S/C20H29N5O/c1-21-19(17-14-22-24(2)15-17)20(26)23-18-9-12-25(13-10-18)11-8-16-6-4-3-5-7-16/h3-7,14-15,18-19,21H,8-13H2,1-2H3,(H,23,26). The van der Waals surface area contributed by atoms with E-state index < -0.39 is 0 Å². The van der Waals surface area contributed by atoms with Crippen LogP contribution in [-0.2, 0) is 18.3 Å². The summed E-state index contributed by atoms with van der Waals surface area (Å²) < 4.78 is 1.72. The molecular weight excluding hydrogens is 326 g/mol. The molecule has 1 aromatic carbocycles. The molecule has 0 aliphatic carbocycles. The number of carbonyl (C=O) groups excluding carboxylic acids is 1. The Labute approximate surface area is 155 Å². The van der Waals surface area contributed by atoms with Crippen molar-refractivity contribution in [3.05, 3.63) is 53.9 Å². The lowest BCUT2D eigenvalue weighted by molar-refractivity contribution is -0.124. The van der Waals surface area contributed by atoms with Gasteiger partial charge in [-0.15, -0.1) is 0 Å². The predicted octanol–water partition coefficient (Wildman–Crippen LogP) is 1.50. The molecule has 1 fully saturated rings. The zero-order chi connectivity index (χ0) is 18.4. The number of aromatic nitrogens is 2. The highest BCUT2D eigenvalue weighted by Gasteiger charge is 2.25. The second kappa shape index (κ2) is 8.96. The Hall–Kier alpha value is -2.18. The molecule has 1 unspecified atom stereocenters. The number of benzene rings is 1. The molecule has 2 heterocycles. The number of carbonyl (C=O) groups is 1. The monoisotopic (exact) mass is 355 g/mol. The Morgan fingerprint density at radius 2 is 2.00 bits per heavy atom. The highest BCUT2D eigenvalue weighted by molar-refractivity contribution is 5.83. The molecule has 0 radical (unpaired) electrons. The fourth-order valence-electron chi connectivity index (χ4n) is 3.56. The summed E-state index contributed by atoms with van der Waals surface area (Å²) in [4.78, 5) is 15.1. The zero-order valence-electron chi connectivity index (χ0n) is 15.7. The number of likely N-dealkylation sites (N-methyl/N-ethyl adjacent to an activating group) is 1. The lowest BCUT2D eigenvalue weighted by atomic mass is 10.0. The summed E-state index contributed by atoms with van der Waals surface area (Å²) in [6.07, 6.45) is 6.72. The van der Waals surface area contributed by atoms with Gasteiger partial charge in [-0.25, -0.2) is 0 Å². The number of nitrogens with one attached hydrogen (secondary N) is 2. The van der Waals surface area contributed by atoms with Gasteiger partial charge in [0.2, 0.25) is 5.91 Å². The molecule has 1 saturated heterocycles. The minimum Gasteiger partial charge on any atom is -0.352 e. The van der Waals surface area contributed by atoms with Crippen molar-refractivity contribution in [3.63, 3.8) is 0 Å². The first-order chi connectivity index (χ1) is 12.7. The van der Waals surface area contributed by atoms with Crippen LogP contribution < -0.4 is 10.6 Å². The van der Waals surface area contributed by atoms with Crippen LogP contribution >= 0.6 is 0 Å². The maximum absolute atomic E-state index is 12.6. The molecule has 6 heteroatoms. The van der Waals surface area contributed by atoms with Crippen LogP contribution in [0.3, 0.4) is 0 Å². The van der Waals surface area contributed by atoms with E-state index in [0.29, 0.717) is 0 Å². The number of likely N-dealkylation sites (tertiary alicyclic amines) is 1. The first-order valence-corrected chi connectivity index (χ1v) is 9.38. The number of hydrogen-bond acceptors (Lipinski definition) is 4. The second-order valence-corrected chi connectivity index (χ2v) is 7.03. The van der Waals surface area contributed by atoms with Crippen LogP contribution in [-0.4, -0.2) is 53.3 Å². The van der Waals surface area contributed by atoms with E-state index in [2.05, 4.69) is 51.0 Å². The number of aryl methyl sites for hydroxylation is 1. The van der Waals surface area contributed by atoms with Gasteiger partial charge >= 0.3 is 0 Å². The van der Waals surface area contributed by atoms with Crippen molar-refractivity contribution in [2.24, 2.45) is 7.05 Å². The van der Waals surface area contributed by atoms with Crippen molar-refractivity contribution in [2.45, 2.75) is 31.3 Å². The van der Waals surface area contributed by atoms with Gasteiger partial charge in [-0.2, -0.15) is 5.10 Å². The summed E-state index contributed by atoms with van der Waals surface area (Å²) >= 11 is 0. The smallest absolute Gasteiger partial charge is 0.242 e. The molecule has 1 aromatic heterocycles. The molecule has 140 valence electrons. The van der Waals surface area contributed by atoms with Crippen molar-refractivity contribution < 1.29 is 4.79 Å². The van der Waals surface area contributed by atoms with Gasteiger partial charge in [-0.1, -0.05) is 30.3 Å². The van der Waals surface area contributed by atoms with E-state index in [1.54, 1.807) is 10.9 Å². The van der Waals surface area contributed by atoms with Gasteiger partial charge in [0.25, 0.3) is 0 Å².